The van der Waals surface area contributed by atoms with E-state index in [0.717, 1.165) is 0 Å². The van der Waals surface area contributed by atoms with Crippen LogP contribution in [0.5, 0.6) is 0 Å². The molecule has 7 heteroatoms. The van der Waals surface area contributed by atoms with Gasteiger partial charge in [0.1, 0.15) is 5.82 Å². The number of hydrogen-bond donors (Lipinski definition) is 2. The first-order valence-corrected chi connectivity index (χ1v) is 9.77. The molecule has 152 valence electrons. The van der Waals surface area contributed by atoms with Gasteiger partial charge < -0.3 is 15.4 Å². The molecular formula is C22H23ClFN3O2. The van der Waals surface area contributed by atoms with Gasteiger partial charge in [-0.2, -0.15) is 0 Å². The largest absolute Gasteiger partial charge is 0.376 e. The molecule has 0 radical (unpaired) electrons. The van der Waals surface area contributed by atoms with Gasteiger partial charge in [-0.25, -0.2) is 9.18 Å². The van der Waals surface area contributed by atoms with Crippen molar-refractivity contribution >= 4 is 23.3 Å². The summed E-state index contributed by atoms with van der Waals surface area (Å²) in [7, 11) is 0. The molecule has 2 aromatic rings. The number of benzene rings is 2. The fourth-order valence-corrected chi connectivity index (χ4v) is 3.71. The van der Waals surface area contributed by atoms with E-state index in [1.807, 2.05) is 6.92 Å². The minimum absolute atomic E-state index is 0.0112. The van der Waals surface area contributed by atoms with Gasteiger partial charge in [-0.15, -0.1) is 6.42 Å². The Kier molecular flexibility index (Phi) is 7.10. The molecule has 1 fully saturated rings. The maximum Gasteiger partial charge on any atom is 0.319 e. The third kappa shape index (κ3) is 5.48. The zero-order valence-corrected chi connectivity index (χ0v) is 16.9. The molecule has 1 heterocycles. The monoisotopic (exact) mass is 415 g/mol. The summed E-state index contributed by atoms with van der Waals surface area (Å²) < 4.78 is 20.2. The Morgan fingerprint density at radius 3 is 2.93 bits per heavy atom. The Labute approximate surface area is 175 Å². The standard InChI is InChI=1S/C22H23ClFN3O2/c1-3-16-6-4-7-17(12-16)26-22(28)25-13-20(27-10-11-29-15(2)14-27)21-18(23)8-5-9-19(21)24/h1,4-9,12,15,20H,10-11,13-14H2,2H3,(H2,25,26,28)/t15-,20-/m0/s1. The van der Waals surface area contributed by atoms with Gasteiger partial charge in [0, 0.05) is 41.5 Å². The molecule has 0 aliphatic carbocycles. The second kappa shape index (κ2) is 9.75. The van der Waals surface area contributed by atoms with Crippen molar-refractivity contribution in [1.82, 2.24) is 10.2 Å². The maximum absolute atomic E-state index is 14.6. The first kappa shape index (κ1) is 21.1. The second-order valence-electron chi connectivity index (χ2n) is 6.89. The number of ether oxygens (including phenoxy) is 1. The molecule has 29 heavy (non-hydrogen) atoms. The van der Waals surface area contributed by atoms with Crippen LogP contribution in [0, 0.1) is 18.2 Å². The number of nitrogens with one attached hydrogen (secondary N) is 2. The van der Waals surface area contributed by atoms with Gasteiger partial charge in [0.2, 0.25) is 0 Å². The molecule has 3 rings (SSSR count). The molecule has 2 amide bonds. The molecule has 2 aromatic carbocycles. The second-order valence-corrected chi connectivity index (χ2v) is 7.29. The lowest BCUT2D eigenvalue weighted by atomic mass is 10.0. The SMILES string of the molecule is C#Cc1cccc(NC(=O)NC[C@@H](c2c(F)cccc2Cl)N2CCO[C@@H](C)C2)c1. The number of halogens is 2. The van der Waals surface area contributed by atoms with Gasteiger partial charge >= 0.3 is 6.03 Å². The normalized spacial score (nSPS) is 17.9. The van der Waals surface area contributed by atoms with Crippen LogP contribution in [-0.2, 0) is 4.74 Å². The van der Waals surface area contributed by atoms with Crippen LogP contribution in [0.3, 0.4) is 0 Å². The highest BCUT2D eigenvalue weighted by Gasteiger charge is 2.29. The number of anilines is 1. The molecule has 2 N–H and O–H groups in total. The first-order chi connectivity index (χ1) is 14.0. The van der Waals surface area contributed by atoms with E-state index in [-0.39, 0.29) is 12.6 Å². The van der Waals surface area contributed by atoms with E-state index < -0.39 is 17.9 Å². The third-order valence-electron chi connectivity index (χ3n) is 4.79. The lowest BCUT2D eigenvalue weighted by Gasteiger charge is -2.38. The topological polar surface area (TPSA) is 53.6 Å². The molecule has 0 saturated carbocycles. The van der Waals surface area contributed by atoms with Crippen molar-refractivity contribution in [2.45, 2.75) is 19.1 Å². The van der Waals surface area contributed by atoms with E-state index in [4.69, 9.17) is 22.8 Å². The number of carbonyl (C=O) groups excluding carboxylic acids is 1. The van der Waals surface area contributed by atoms with Crippen molar-refractivity contribution in [1.29, 1.82) is 0 Å². The number of carbonyl (C=O) groups is 1. The van der Waals surface area contributed by atoms with Crippen molar-refractivity contribution in [3.05, 3.63) is 64.4 Å². The van der Waals surface area contributed by atoms with Crippen molar-refractivity contribution in [3.8, 4) is 12.3 Å². The van der Waals surface area contributed by atoms with Crippen LogP contribution >= 0.6 is 11.6 Å². The lowest BCUT2D eigenvalue weighted by Crippen LogP contribution is -2.47. The number of nitrogens with zero attached hydrogens (tertiary/aromatic N) is 1. The molecule has 1 aliphatic rings. The van der Waals surface area contributed by atoms with E-state index in [1.165, 1.54) is 6.07 Å². The predicted octanol–water partition coefficient (Wildman–Crippen LogP) is 4.04. The van der Waals surface area contributed by atoms with Gasteiger partial charge in [0.15, 0.2) is 0 Å². The Balaban J connectivity index is 1.74. The summed E-state index contributed by atoms with van der Waals surface area (Å²) in [6.07, 6.45) is 5.40. The van der Waals surface area contributed by atoms with Gasteiger partial charge in [-0.3, -0.25) is 4.90 Å². The Morgan fingerprint density at radius 1 is 1.41 bits per heavy atom. The number of terminal acetylenes is 1. The van der Waals surface area contributed by atoms with Gasteiger partial charge in [-0.05, 0) is 37.3 Å². The fraction of sp³-hybridized carbons (Fsp3) is 0.318. The highest BCUT2D eigenvalue weighted by atomic mass is 35.5. The lowest BCUT2D eigenvalue weighted by molar-refractivity contribution is -0.0344. The number of amides is 2. The summed E-state index contributed by atoms with van der Waals surface area (Å²) in [6.45, 7) is 3.92. The highest BCUT2D eigenvalue weighted by molar-refractivity contribution is 6.31. The Bertz CT molecular complexity index is 895. The minimum atomic E-state index is -0.419. The van der Waals surface area contributed by atoms with Crippen LogP contribution in [0.25, 0.3) is 0 Å². The van der Waals surface area contributed by atoms with E-state index in [2.05, 4.69) is 21.5 Å². The smallest absolute Gasteiger partial charge is 0.319 e. The maximum atomic E-state index is 14.6. The zero-order chi connectivity index (χ0) is 20.8. The summed E-state index contributed by atoms with van der Waals surface area (Å²) >= 11 is 6.31. The molecule has 0 bridgehead atoms. The summed E-state index contributed by atoms with van der Waals surface area (Å²) in [4.78, 5) is 14.5. The van der Waals surface area contributed by atoms with Gasteiger partial charge in [-0.1, -0.05) is 29.7 Å². The van der Waals surface area contributed by atoms with E-state index in [9.17, 15) is 9.18 Å². The first-order valence-electron chi connectivity index (χ1n) is 9.39. The fourth-order valence-electron chi connectivity index (χ4n) is 3.42. The molecule has 0 spiro atoms. The van der Waals surface area contributed by atoms with E-state index in [0.29, 0.717) is 41.5 Å². The summed E-state index contributed by atoms with van der Waals surface area (Å²) in [6, 6.07) is 10.8. The highest BCUT2D eigenvalue weighted by Crippen LogP contribution is 2.31. The molecule has 0 unspecified atom stereocenters. The van der Waals surface area contributed by atoms with Gasteiger partial charge in [0.05, 0.1) is 18.8 Å². The average Bonchev–Trinajstić information content (AvgIpc) is 2.70. The molecule has 0 aromatic heterocycles. The van der Waals surface area contributed by atoms with E-state index in [1.54, 1.807) is 36.4 Å². The minimum Gasteiger partial charge on any atom is -0.376 e. The van der Waals surface area contributed by atoms with Crippen LogP contribution in [0.15, 0.2) is 42.5 Å². The van der Waals surface area contributed by atoms with Crippen LogP contribution in [0.2, 0.25) is 5.02 Å². The number of hydrogen-bond acceptors (Lipinski definition) is 3. The van der Waals surface area contributed by atoms with Crippen LogP contribution in [-0.4, -0.2) is 43.3 Å². The molecule has 1 saturated heterocycles. The number of urea groups is 1. The third-order valence-corrected chi connectivity index (χ3v) is 5.12. The van der Waals surface area contributed by atoms with E-state index >= 15 is 0 Å². The average molecular weight is 416 g/mol. The van der Waals surface area contributed by atoms with Crippen LogP contribution < -0.4 is 10.6 Å². The Hall–Kier alpha value is -2.59. The predicted molar refractivity (Wildman–Crippen MR) is 113 cm³/mol. The molecular weight excluding hydrogens is 393 g/mol. The molecule has 2 atom stereocenters. The number of morpholine rings is 1. The summed E-state index contributed by atoms with van der Waals surface area (Å²) in [5, 5.41) is 5.90. The van der Waals surface area contributed by atoms with Crippen LogP contribution in [0.4, 0.5) is 14.9 Å². The summed E-state index contributed by atoms with van der Waals surface area (Å²) in [5.41, 5.74) is 1.62. The van der Waals surface area contributed by atoms with Crippen LogP contribution in [0.1, 0.15) is 24.1 Å². The molecule has 1 aliphatic heterocycles. The van der Waals surface area contributed by atoms with Crippen molar-refractivity contribution < 1.29 is 13.9 Å². The summed E-state index contributed by atoms with van der Waals surface area (Å²) in [5.74, 6) is 2.13. The van der Waals surface area contributed by atoms with Crippen molar-refractivity contribution in [3.63, 3.8) is 0 Å². The van der Waals surface area contributed by atoms with Crippen molar-refractivity contribution in [2.24, 2.45) is 0 Å². The van der Waals surface area contributed by atoms with Gasteiger partial charge in [0.25, 0.3) is 0 Å². The quantitative estimate of drug-likeness (QED) is 0.724. The Morgan fingerprint density at radius 2 is 2.21 bits per heavy atom. The van der Waals surface area contributed by atoms with Crippen molar-refractivity contribution in [2.75, 3.05) is 31.6 Å². The zero-order valence-electron chi connectivity index (χ0n) is 16.1. The molecule has 5 nitrogen and oxygen atoms in total. The number of rotatable bonds is 5.